The van der Waals surface area contributed by atoms with Crippen LogP contribution < -0.4 is 5.32 Å². The van der Waals surface area contributed by atoms with Crippen molar-refractivity contribution in [3.05, 3.63) is 34.6 Å². The molecule has 120 valence electrons. The smallest absolute Gasteiger partial charge is 0.126 e. The lowest BCUT2D eigenvalue weighted by Gasteiger charge is -2.36. The molecule has 1 aromatic rings. The highest BCUT2D eigenvalue weighted by atomic mass is 35.5. The highest BCUT2D eigenvalue weighted by molar-refractivity contribution is 6.30. The summed E-state index contributed by atoms with van der Waals surface area (Å²) in [6, 6.07) is 4.75. The highest BCUT2D eigenvalue weighted by Crippen LogP contribution is 2.27. The summed E-state index contributed by atoms with van der Waals surface area (Å²) in [5.41, 5.74) is 0.595. The Morgan fingerprint density at radius 3 is 2.52 bits per heavy atom. The highest BCUT2D eigenvalue weighted by Gasteiger charge is 2.32. The molecule has 0 saturated carbocycles. The van der Waals surface area contributed by atoms with Crippen LogP contribution in [0, 0.1) is 11.2 Å². The molecule has 0 aliphatic rings. The lowest BCUT2D eigenvalue weighted by atomic mass is 9.82. The van der Waals surface area contributed by atoms with Crippen molar-refractivity contribution in [3.63, 3.8) is 0 Å². The van der Waals surface area contributed by atoms with E-state index in [0.717, 1.165) is 13.0 Å². The molecule has 0 spiro atoms. The van der Waals surface area contributed by atoms with E-state index in [4.69, 9.17) is 16.3 Å². The number of hydrogen-bond acceptors (Lipinski definition) is 2. The van der Waals surface area contributed by atoms with E-state index in [0.29, 0.717) is 17.0 Å². The molecule has 0 radical (unpaired) electrons. The zero-order chi connectivity index (χ0) is 16.0. The average molecular weight is 316 g/mol. The van der Waals surface area contributed by atoms with Crippen molar-refractivity contribution < 1.29 is 9.13 Å². The van der Waals surface area contributed by atoms with E-state index >= 15 is 0 Å². The van der Waals surface area contributed by atoms with E-state index < -0.39 is 0 Å². The van der Waals surface area contributed by atoms with E-state index in [1.54, 1.807) is 19.2 Å². The van der Waals surface area contributed by atoms with E-state index in [9.17, 15) is 4.39 Å². The molecule has 21 heavy (non-hydrogen) atoms. The third-order valence-corrected chi connectivity index (χ3v) is 3.81. The van der Waals surface area contributed by atoms with E-state index in [2.05, 4.69) is 33.0 Å². The summed E-state index contributed by atoms with van der Waals surface area (Å²) in [7, 11) is 1.71. The van der Waals surface area contributed by atoms with Gasteiger partial charge in [-0.15, -0.1) is 0 Å². The second kappa shape index (κ2) is 8.11. The van der Waals surface area contributed by atoms with Crippen LogP contribution in [0.4, 0.5) is 4.39 Å². The first-order chi connectivity index (χ1) is 9.79. The second-order valence-corrected chi connectivity index (χ2v) is 6.96. The van der Waals surface area contributed by atoms with Gasteiger partial charge in [0.2, 0.25) is 0 Å². The first-order valence-electron chi connectivity index (χ1n) is 7.49. The quantitative estimate of drug-likeness (QED) is 0.802. The molecular formula is C17H27ClFNO. The summed E-state index contributed by atoms with van der Waals surface area (Å²) in [5, 5.41) is 4.05. The van der Waals surface area contributed by atoms with Crippen LogP contribution in [-0.4, -0.2) is 25.8 Å². The van der Waals surface area contributed by atoms with Gasteiger partial charge in [0.05, 0.1) is 6.10 Å². The minimum absolute atomic E-state index is 0.0116. The van der Waals surface area contributed by atoms with Crippen molar-refractivity contribution >= 4 is 11.6 Å². The van der Waals surface area contributed by atoms with Crippen molar-refractivity contribution in [2.75, 3.05) is 13.7 Å². The number of nitrogens with one attached hydrogen (secondary N) is 1. The van der Waals surface area contributed by atoms with Crippen molar-refractivity contribution in [3.8, 4) is 0 Å². The average Bonchev–Trinajstić information content (AvgIpc) is 2.39. The summed E-state index contributed by atoms with van der Waals surface area (Å²) in [6.07, 6.45) is 1.57. The molecule has 0 aromatic heterocycles. The Morgan fingerprint density at radius 2 is 2.00 bits per heavy atom. The van der Waals surface area contributed by atoms with Crippen LogP contribution in [0.25, 0.3) is 0 Å². The van der Waals surface area contributed by atoms with E-state index in [1.165, 1.54) is 6.07 Å². The van der Waals surface area contributed by atoms with Gasteiger partial charge >= 0.3 is 0 Å². The van der Waals surface area contributed by atoms with Crippen molar-refractivity contribution in [2.24, 2.45) is 5.41 Å². The Kier molecular flexibility index (Phi) is 7.11. The normalized spacial score (nSPS) is 15.0. The monoisotopic (exact) mass is 315 g/mol. The Labute approximate surface area is 133 Å². The summed E-state index contributed by atoms with van der Waals surface area (Å²) in [4.78, 5) is 0. The Morgan fingerprint density at radius 1 is 1.33 bits per heavy atom. The van der Waals surface area contributed by atoms with E-state index in [-0.39, 0.29) is 23.4 Å². The van der Waals surface area contributed by atoms with Crippen molar-refractivity contribution in [1.29, 1.82) is 0 Å². The van der Waals surface area contributed by atoms with Crippen LogP contribution in [0.15, 0.2) is 18.2 Å². The van der Waals surface area contributed by atoms with Gasteiger partial charge in [-0.3, -0.25) is 0 Å². The van der Waals surface area contributed by atoms with Crippen LogP contribution in [0.1, 0.15) is 39.7 Å². The van der Waals surface area contributed by atoms with Gasteiger partial charge in [0.1, 0.15) is 5.82 Å². The van der Waals surface area contributed by atoms with Gasteiger partial charge in [-0.1, -0.05) is 39.3 Å². The predicted octanol–water partition coefficient (Wildman–Crippen LogP) is 4.45. The molecule has 0 heterocycles. The van der Waals surface area contributed by atoms with Crippen molar-refractivity contribution in [1.82, 2.24) is 5.32 Å². The second-order valence-electron chi connectivity index (χ2n) is 6.52. The lowest BCUT2D eigenvalue weighted by molar-refractivity contribution is -0.0111. The molecule has 0 bridgehead atoms. The van der Waals surface area contributed by atoms with Gasteiger partial charge in [0, 0.05) is 18.2 Å². The maximum Gasteiger partial charge on any atom is 0.126 e. The fourth-order valence-electron chi connectivity index (χ4n) is 2.67. The molecule has 1 rings (SSSR count). The van der Waals surface area contributed by atoms with Crippen LogP contribution in [0.3, 0.4) is 0 Å². The molecule has 1 N–H and O–H groups in total. The lowest BCUT2D eigenvalue weighted by Crippen LogP contribution is -2.49. The zero-order valence-corrected chi connectivity index (χ0v) is 14.4. The first kappa shape index (κ1) is 18.4. The molecular weight excluding hydrogens is 289 g/mol. The maximum absolute atomic E-state index is 14.0. The third kappa shape index (κ3) is 5.57. The Hall–Kier alpha value is -0.640. The van der Waals surface area contributed by atoms with Crippen LogP contribution in [0.2, 0.25) is 5.02 Å². The SMILES string of the molecule is CCCNC(Cc1cc(Cl)ccc1F)C(OC)C(C)(C)C. The fraction of sp³-hybridized carbons (Fsp3) is 0.647. The number of rotatable bonds is 7. The standard InChI is InChI=1S/C17H27ClFNO/c1-6-9-20-15(16(21-5)17(2,3)4)11-12-10-13(18)7-8-14(12)19/h7-8,10,15-16,20H,6,9,11H2,1-5H3. The van der Waals surface area contributed by atoms with Crippen LogP contribution in [-0.2, 0) is 11.2 Å². The fourth-order valence-corrected chi connectivity index (χ4v) is 2.87. The predicted molar refractivity (Wildman–Crippen MR) is 87.4 cm³/mol. The molecule has 0 amide bonds. The summed E-state index contributed by atoms with van der Waals surface area (Å²) in [5.74, 6) is -0.216. The molecule has 0 fully saturated rings. The van der Waals surface area contributed by atoms with Gasteiger partial charge in [-0.2, -0.15) is 0 Å². The zero-order valence-electron chi connectivity index (χ0n) is 13.7. The molecule has 2 nitrogen and oxygen atoms in total. The number of hydrogen-bond donors (Lipinski definition) is 1. The number of halogens is 2. The summed E-state index contributed by atoms with van der Waals surface area (Å²) in [6.45, 7) is 9.40. The molecule has 4 heteroatoms. The van der Waals surface area contributed by atoms with Gasteiger partial charge < -0.3 is 10.1 Å². The topological polar surface area (TPSA) is 21.3 Å². The largest absolute Gasteiger partial charge is 0.379 e. The molecule has 1 aromatic carbocycles. The summed E-state index contributed by atoms with van der Waals surface area (Å²) < 4.78 is 19.7. The summed E-state index contributed by atoms with van der Waals surface area (Å²) >= 11 is 5.99. The number of ether oxygens (including phenoxy) is 1. The maximum atomic E-state index is 14.0. The molecule has 2 unspecified atom stereocenters. The Balaban J connectivity index is 2.99. The number of methoxy groups -OCH3 is 1. The molecule has 2 atom stereocenters. The van der Waals surface area contributed by atoms with Crippen molar-refractivity contribution in [2.45, 2.75) is 52.7 Å². The van der Waals surface area contributed by atoms with Gasteiger partial charge in [-0.25, -0.2) is 4.39 Å². The van der Waals surface area contributed by atoms with Crippen LogP contribution >= 0.6 is 11.6 Å². The van der Waals surface area contributed by atoms with Crippen LogP contribution in [0.5, 0.6) is 0 Å². The first-order valence-corrected chi connectivity index (χ1v) is 7.87. The van der Waals surface area contributed by atoms with Gasteiger partial charge in [0.15, 0.2) is 0 Å². The minimum Gasteiger partial charge on any atom is -0.379 e. The van der Waals surface area contributed by atoms with Gasteiger partial charge in [0.25, 0.3) is 0 Å². The minimum atomic E-state index is -0.216. The van der Waals surface area contributed by atoms with Gasteiger partial charge in [-0.05, 0) is 48.6 Å². The Bertz CT molecular complexity index is 445. The third-order valence-electron chi connectivity index (χ3n) is 3.58. The molecule has 0 aliphatic heterocycles. The number of benzene rings is 1. The van der Waals surface area contributed by atoms with E-state index in [1.807, 2.05) is 0 Å². The molecule has 0 aliphatic carbocycles. The molecule has 0 saturated heterocycles.